The van der Waals surface area contributed by atoms with Crippen molar-refractivity contribution < 1.29 is 9.47 Å². The van der Waals surface area contributed by atoms with Crippen LogP contribution in [0.5, 0.6) is 11.5 Å². The van der Waals surface area contributed by atoms with Gasteiger partial charge in [0.05, 0.1) is 0 Å². The average molecular weight is 386 g/mol. The molecule has 0 fully saturated rings. The number of hydrogen-bond acceptors (Lipinski definition) is 2. The highest BCUT2D eigenvalue weighted by molar-refractivity contribution is 7.72. The number of hydrogen-bond donors (Lipinski definition) is 0. The van der Waals surface area contributed by atoms with E-state index in [4.69, 9.17) is 9.47 Å². The van der Waals surface area contributed by atoms with Crippen LogP contribution >= 0.6 is 15.8 Å². The lowest BCUT2D eigenvalue weighted by Gasteiger charge is -2.39. The second-order valence-electron chi connectivity index (χ2n) is 9.03. The Hall–Kier alpha value is -1.10. The van der Waals surface area contributed by atoms with E-state index in [1.54, 1.807) is 0 Å². The van der Waals surface area contributed by atoms with Crippen molar-refractivity contribution in [2.75, 3.05) is 0 Å². The second-order valence-corrected chi connectivity index (χ2v) is 15.2. The molecule has 138 valence electrons. The molecule has 0 aliphatic carbocycles. The number of para-hydroxylation sites is 2. The Bertz CT molecular complexity index is 750. The molecular weight excluding hydrogens is 358 g/mol. The minimum Gasteiger partial charge on any atom is -0.481 e. The van der Waals surface area contributed by atoms with Crippen LogP contribution in [0.15, 0.2) is 48.5 Å². The van der Waals surface area contributed by atoms with Crippen molar-refractivity contribution in [1.82, 2.24) is 0 Å². The third-order valence-electron chi connectivity index (χ3n) is 4.94. The first kappa shape index (κ1) is 18.3. The Kier molecular flexibility index (Phi) is 4.37. The zero-order valence-electron chi connectivity index (χ0n) is 16.5. The molecule has 0 amide bonds. The number of ether oxygens (including phenoxy) is 2. The van der Waals surface area contributed by atoms with Crippen LogP contribution < -0.4 is 20.1 Å². The van der Waals surface area contributed by atoms with Crippen LogP contribution in [-0.2, 0) is 0 Å². The maximum absolute atomic E-state index is 6.61. The molecule has 0 N–H and O–H groups in total. The lowest BCUT2D eigenvalue weighted by atomic mass is 10.3. The first-order chi connectivity index (χ1) is 12.2. The molecule has 0 saturated heterocycles. The molecule has 0 radical (unpaired) electrons. The van der Waals surface area contributed by atoms with Crippen LogP contribution in [0.25, 0.3) is 0 Å². The average Bonchev–Trinajstić information content (AvgIpc) is 3.12. The lowest BCUT2D eigenvalue weighted by molar-refractivity contribution is 0.171. The fraction of sp³-hybridized carbons (Fsp3) is 0.455. The molecule has 2 heterocycles. The molecule has 0 bridgehead atoms. The van der Waals surface area contributed by atoms with Gasteiger partial charge in [0, 0.05) is 10.6 Å². The van der Waals surface area contributed by atoms with Gasteiger partial charge < -0.3 is 9.47 Å². The number of rotatable bonds is 1. The third kappa shape index (κ3) is 2.96. The number of fused-ring (bicyclic) bond motifs is 2. The summed E-state index contributed by atoms with van der Waals surface area (Å²) in [6.45, 7) is 14.1. The minimum absolute atomic E-state index is 0.111. The van der Waals surface area contributed by atoms with Crippen molar-refractivity contribution in [2.24, 2.45) is 0 Å². The standard InChI is InChI=1S/C22H28O2P2/c1-21(2,3)25-17-13-9-7-11-15(17)23-19(25)20-24-16-12-8-10-14-18(16)26(20)22(4,5)6/h7-14,19-20H,1-6H3/t19-,20?,25-,26-/m0/s1. The Morgan fingerprint density at radius 2 is 0.962 bits per heavy atom. The van der Waals surface area contributed by atoms with Crippen molar-refractivity contribution in [3.63, 3.8) is 0 Å². The van der Waals surface area contributed by atoms with Crippen molar-refractivity contribution >= 4 is 26.5 Å². The van der Waals surface area contributed by atoms with E-state index in [1.807, 2.05) is 0 Å². The lowest BCUT2D eigenvalue weighted by Crippen LogP contribution is -2.37. The van der Waals surface area contributed by atoms with Crippen LogP contribution in [0, 0.1) is 0 Å². The van der Waals surface area contributed by atoms with E-state index in [-0.39, 0.29) is 22.0 Å². The quantitative estimate of drug-likeness (QED) is 0.591. The first-order valence-corrected chi connectivity index (χ1v) is 12.1. The smallest absolute Gasteiger partial charge is 0.162 e. The Labute approximate surface area is 159 Å². The maximum Gasteiger partial charge on any atom is 0.162 e. The van der Waals surface area contributed by atoms with E-state index >= 15 is 0 Å². The summed E-state index contributed by atoms with van der Waals surface area (Å²) < 4.78 is 13.2. The number of benzene rings is 2. The van der Waals surface area contributed by atoms with E-state index in [1.165, 1.54) is 10.6 Å². The molecule has 2 aliphatic rings. The monoisotopic (exact) mass is 386 g/mol. The molecule has 2 aliphatic heterocycles. The molecule has 4 rings (SSSR count). The Morgan fingerprint density at radius 3 is 1.31 bits per heavy atom. The normalized spacial score (nSPS) is 27.5. The van der Waals surface area contributed by atoms with Crippen molar-refractivity contribution in [1.29, 1.82) is 0 Å². The van der Waals surface area contributed by atoms with Gasteiger partial charge in [-0.3, -0.25) is 0 Å². The topological polar surface area (TPSA) is 18.5 Å². The summed E-state index contributed by atoms with van der Waals surface area (Å²) in [5, 5.41) is 3.12. The van der Waals surface area contributed by atoms with Crippen LogP contribution in [-0.4, -0.2) is 22.0 Å². The predicted octanol–water partition coefficient (Wildman–Crippen LogP) is 5.64. The molecular formula is C22H28O2P2. The van der Waals surface area contributed by atoms with Gasteiger partial charge in [0.1, 0.15) is 11.5 Å². The van der Waals surface area contributed by atoms with Crippen molar-refractivity contribution in [3.05, 3.63) is 48.5 Å². The van der Waals surface area contributed by atoms with Gasteiger partial charge in [0.25, 0.3) is 0 Å². The summed E-state index contributed by atoms with van der Waals surface area (Å²) in [4.78, 5) is 0. The van der Waals surface area contributed by atoms with E-state index in [0.29, 0.717) is 0 Å². The Morgan fingerprint density at radius 1 is 0.615 bits per heavy atom. The summed E-state index contributed by atoms with van der Waals surface area (Å²) in [6.07, 6.45) is 0. The van der Waals surface area contributed by atoms with Gasteiger partial charge in [-0.05, 0) is 38.3 Å². The van der Waals surface area contributed by atoms with Gasteiger partial charge in [-0.15, -0.1) is 0 Å². The van der Waals surface area contributed by atoms with Crippen LogP contribution in [0.2, 0.25) is 0 Å². The van der Waals surface area contributed by atoms with Crippen molar-refractivity contribution in [3.8, 4) is 11.5 Å². The zero-order valence-corrected chi connectivity index (χ0v) is 18.3. The molecule has 2 aromatic carbocycles. The van der Waals surface area contributed by atoms with E-state index < -0.39 is 15.8 Å². The van der Waals surface area contributed by atoms with Gasteiger partial charge in [-0.2, -0.15) is 0 Å². The van der Waals surface area contributed by atoms with Gasteiger partial charge >= 0.3 is 0 Å². The highest BCUT2D eigenvalue weighted by atomic mass is 31.1. The summed E-state index contributed by atoms with van der Waals surface area (Å²) in [7, 11) is -0.968. The van der Waals surface area contributed by atoms with E-state index in [9.17, 15) is 0 Å². The van der Waals surface area contributed by atoms with Crippen LogP contribution in [0.1, 0.15) is 41.5 Å². The van der Waals surface area contributed by atoms with Crippen molar-refractivity contribution in [2.45, 2.75) is 63.5 Å². The molecule has 0 spiro atoms. The SMILES string of the molecule is CC(C)(C)[P@@]1c2ccccc2OC1[C@H]1Oc2ccccc2[P@]1C(C)(C)C. The summed E-state index contributed by atoms with van der Waals surface area (Å²) in [5.41, 5.74) is 0. The maximum atomic E-state index is 6.61. The molecule has 4 heteroatoms. The molecule has 0 aromatic heterocycles. The largest absolute Gasteiger partial charge is 0.481 e. The zero-order chi connectivity index (χ0) is 18.7. The van der Waals surface area contributed by atoms with E-state index in [0.717, 1.165) is 11.5 Å². The second kappa shape index (κ2) is 6.22. The van der Waals surface area contributed by atoms with Crippen LogP contribution in [0.3, 0.4) is 0 Å². The van der Waals surface area contributed by atoms with Gasteiger partial charge in [0.15, 0.2) is 11.7 Å². The fourth-order valence-corrected chi connectivity index (χ4v) is 10.6. The minimum atomic E-state index is -0.484. The molecule has 26 heavy (non-hydrogen) atoms. The highest BCUT2D eigenvalue weighted by Crippen LogP contribution is 2.67. The van der Waals surface area contributed by atoms with E-state index in [2.05, 4.69) is 90.1 Å². The Balaban J connectivity index is 1.80. The van der Waals surface area contributed by atoms with Gasteiger partial charge in [-0.1, -0.05) is 77.9 Å². The highest BCUT2D eigenvalue weighted by Gasteiger charge is 2.53. The van der Waals surface area contributed by atoms with Gasteiger partial charge in [-0.25, -0.2) is 0 Å². The molecule has 1 unspecified atom stereocenters. The molecule has 2 nitrogen and oxygen atoms in total. The summed E-state index contributed by atoms with van der Waals surface area (Å²) in [6, 6.07) is 17.2. The summed E-state index contributed by atoms with van der Waals surface area (Å²) in [5.74, 6) is 2.34. The molecule has 4 atom stereocenters. The predicted molar refractivity (Wildman–Crippen MR) is 114 cm³/mol. The molecule has 0 saturated carbocycles. The fourth-order valence-electron chi connectivity index (χ4n) is 4.01. The van der Waals surface area contributed by atoms with Gasteiger partial charge in [0.2, 0.25) is 0 Å². The van der Waals surface area contributed by atoms with Crippen LogP contribution in [0.4, 0.5) is 0 Å². The third-order valence-corrected chi connectivity index (χ3v) is 11.6. The first-order valence-electron chi connectivity index (χ1n) is 9.28. The summed E-state index contributed by atoms with van der Waals surface area (Å²) >= 11 is 0. The molecule has 2 aromatic rings.